The third-order valence-electron chi connectivity index (χ3n) is 3.72. The minimum atomic E-state index is -3.54. The monoisotopic (exact) mass is 392 g/mol. The summed E-state index contributed by atoms with van der Waals surface area (Å²) in [5.74, 6) is -0.206. The standard InChI is InChI=1S/C17H28N2O4S.ClH/c1-12(2)9-14(10-18)19-17(20)13(3)11-24(21,22)16-7-5-15(23-4)6-8-16;/h5-8,12-14H,9-11,18H2,1-4H3,(H,19,20);1H. The van der Waals surface area contributed by atoms with Crippen molar-refractivity contribution in [2.45, 2.75) is 38.1 Å². The summed E-state index contributed by atoms with van der Waals surface area (Å²) in [6.07, 6.45) is 0.764. The first-order valence-electron chi connectivity index (χ1n) is 8.06. The lowest BCUT2D eigenvalue weighted by Crippen LogP contribution is -2.44. The van der Waals surface area contributed by atoms with E-state index >= 15 is 0 Å². The summed E-state index contributed by atoms with van der Waals surface area (Å²) in [5, 5.41) is 2.84. The quantitative estimate of drug-likeness (QED) is 0.669. The molecule has 25 heavy (non-hydrogen) atoms. The number of carbonyl (C=O) groups is 1. The van der Waals surface area contributed by atoms with Gasteiger partial charge in [-0.2, -0.15) is 0 Å². The van der Waals surface area contributed by atoms with E-state index in [4.69, 9.17) is 10.5 Å². The van der Waals surface area contributed by atoms with Crippen molar-refractivity contribution in [3.8, 4) is 5.75 Å². The number of hydrogen-bond donors (Lipinski definition) is 2. The van der Waals surface area contributed by atoms with Crippen molar-refractivity contribution >= 4 is 28.2 Å². The topological polar surface area (TPSA) is 98.5 Å². The van der Waals surface area contributed by atoms with Crippen molar-refractivity contribution in [3.63, 3.8) is 0 Å². The molecule has 1 aromatic carbocycles. The molecule has 0 aliphatic heterocycles. The van der Waals surface area contributed by atoms with E-state index < -0.39 is 15.8 Å². The fraction of sp³-hybridized carbons (Fsp3) is 0.588. The molecule has 0 radical (unpaired) electrons. The molecule has 0 saturated carbocycles. The van der Waals surface area contributed by atoms with Gasteiger partial charge < -0.3 is 15.8 Å². The number of ether oxygens (including phenoxy) is 1. The Morgan fingerprint density at radius 2 is 1.76 bits per heavy atom. The molecule has 2 unspecified atom stereocenters. The average Bonchev–Trinajstić information content (AvgIpc) is 2.53. The van der Waals surface area contributed by atoms with Crippen LogP contribution in [0.15, 0.2) is 29.2 Å². The number of nitrogens with one attached hydrogen (secondary N) is 1. The molecular formula is C17H29ClN2O4S. The van der Waals surface area contributed by atoms with Crippen LogP contribution < -0.4 is 15.8 Å². The van der Waals surface area contributed by atoms with Gasteiger partial charge in [-0.1, -0.05) is 20.8 Å². The molecule has 0 heterocycles. The van der Waals surface area contributed by atoms with E-state index in [-0.39, 0.29) is 35.0 Å². The molecule has 0 spiro atoms. The van der Waals surface area contributed by atoms with Crippen LogP contribution >= 0.6 is 12.4 Å². The van der Waals surface area contributed by atoms with Crippen LogP contribution in [0.5, 0.6) is 5.75 Å². The number of benzene rings is 1. The predicted octanol–water partition coefficient (Wildman–Crippen LogP) is 2.02. The molecule has 0 bridgehead atoms. The Balaban J connectivity index is 0.00000576. The number of methoxy groups -OCH3 is 1. The second-order valence-electron chi connectivity index (χ2n) is 6.43. The van der Waals surface area contributed by atoms with Crippen LogP contribution in [0, 0.1) is 11.8 Å². The Kier molecular flexibility index (Phi) is 10.1. The van der Waals surface area contributed by atoms with Gasteiger partial charge in [-0.15, -0.1) is 12.4 Å². The molecule has 0 aliphatic rings. The lowest BCUT2D eigenvalue weighted by atomic mass is 10.0. The Labute approximate surface area is 156 Å². The number of amides is 1. The molecule has 144 valence electrons. The van der Waals surface area contributed by atoms with Crippen molar-refractivity contribution < 1.29 is 17.9 Å². The van der Waals surface area contributed by atoms with Crippen LogP contribution in [-0.2, 0) is 14.6 Å². The summed E-state index contributed by atoms with van der Waals surface area (Å²) in [6.45, 7) is 6.04. The van der Waals surface area contributed by atoms with Crippen LogP contribution in [0.4, 0.5) is 0 Å². The van der Waals surface area contributed by atoms with Crippen LogP contribution in [0.2, 0.25) is 0 Å². The number of sulfone groups is 1. The number of halogens is 1. The van der Waals surface area contributed by atoms with E-state index in [2.05, 4.69) is 5.32 Å². The fourth-order valence-corrected chi connectivity index (χ4v) is 3.96. The van der Waals surface area contributed by atoms with Crippen molar-refractivity contribution in [1.82, 2.24) is 5.32 Å². The molecule has 0 fully saturated rings. The van der Waals surface area contributed by atoms with Gasteiger partial charge in [0.2, 0.25) is 5.91 Å². The molecule has 0 aromatic heterocycles. The molecule has 1 amide bonds. The number of nitrogens with two attached hydrogens (primary N) is 1. The maximum atomic E-state index is 12.4. The Bertz CT molecular complexity index is 633. The molecule has 2 atom stereocenters. The summed E-state index contributed by atoms with van der Waals surface area (Å²) >= 11 is 0. The molecule has 1 aromatic rings. The lowest BCUT2D eigenvalue weighted by molar-refractivity contribution is -0.124. The summed E-state index contributed by atoms with van der Waals surface area (Å²) in [4.78, 5) is 12.4. The number of hydrogen-bond acceptors (Lipinski definition) is 5. The number of carbonyl (C=O) groups excluding carboxylic acids is 1. The van der Waals surface area contributed by atoms with Gasteiger partial charge in [0, 0.05) is 18.5 Å². The normalized spacial score (nSPS) is 13.7. The summed E-state index contributed by atoms with van der Waals surface area (Å²) in [5.41, 5.74) is 5.67. The van der Waals surface area contributed by atoms with Gasteiger partial charge in [0.1, 0.15) is 5.75 Å². The van der Waals surface area contributed by atoms with Crippen LogP contribution in [0.3, 0.4) is 0 Å². The van der Waals surface area contributed by atoms with E-state index in [1.807, 2.05) is 13.8 Å². The molecule has 3 N–H and O–H groups in total. The van der Waals surface area contributed by atoms with Crippen molar-refractivity contribution in [2.24, 2.45) is 17.6 Å². The zero-order valence-corrected chi connectivity index (χ0v) is 16.8. The minimum Gasteiger partial charge on any atom is -0.497 e. The van der Waals surface area contributed by atoms with E-state index in [1.165, 1.54) is 19.2 Å². The maximum Gasteiger partial charge on any atom is 0.224 e. The van der Waals surface area contributed by atoms with Gasteiger partial charge in [-0.05, 0) is 36.6 Å². The highest BCUT2D eigenvalue weighted by atomic mass is 35.5. The van der Waals surface area contributed by atoms with Gasteiger partial charge in [0.15, 0.2) is 9.84 Å². The summed E-state index contributed by atoms with van der Waals surface area (Å²) in [6, 6.07) is 6.01. The maximum absolute atomic E-state index is 12.4. The van der Waals surface area contributed by atoms with E-state index in [1.54, 1.807) is 19.1 Å². The second-order valence-corrected chi connectivity index (χ2v) is 8.46. The highest BCUT2D eigenvalue weighted by molar-refractivity contribution is 7.91. The first-order valence-corrected chi connectivity index (χ1v) is 9.72. The lowest BCUT2D eigenvalue weighted by Gasteiger charge is -2.21. The van der Waals surface area contributed by atoms with Gasteiger partial charge in [0.25, 0.3) is 0 Å². The van der Waals surface area contributed by atoms with Crippen LogP contribution in [-0.4, -0.2) is 39.8 Å². The first-order chi connectivity index (χ1) is 11.2. The second kappa shape index (κ2) is 10.6. The molecule has 1 rings (SSSR count). The summed E-state index contributed by atoms with van der Waals surface area (Å²) in [7, 11) is -2.03. The highest BCUT2D eigenvalue weighted by Crippen LogP contribution is 2.18. The average molecular weight is 393 g/mol. The number of rotatable bonds is 9. The predicted molar refractivity (Wildman–Crippen MR) is 102 cm³/mol. The minimum absolute atomic E-state index is 0. The third-order valence-corrected chi connectivity index (χ3v) is 5.65. The zero-order chi connectivity index (χ0) is 18.3. The van der Waals surface area contributed by atoms with E-state index in [0.29, 0.717) is 18.2 Å². The van der Waals surface area contributed by atoms with E-state index in [9.17, 15) is 13.2 Å². The van der Waals surface area contributed by atoms with Gasteiger partial charge >= 0.3 is 0 Å². The molecule has 0 saturated heterocycles. The smallest absolute Gasteiger partial charge is 0.224 e. The third kappa shape index (κ3) is 7.63. The Hall–Kier alpha value is -1.31. The van der Waals surface area contributed by atoms with Gasteiger partial charge in [-0.3, -0.25) is 4.79 Å². The molecule has 8 heteroatoms. The SMILES string of the molecule is COc1ccc(S(=O)(=O)CC(C)C(=O)NC(CN)CC(C)C)cc1.Cl. The van der Waals surface area contributed by atoms with E-state index in [0.717, 1.165) is 6.42 Å². The zero-order valence-electron chi connectivity index (χ0n) is 15.2. The van der Waals surface area contributed by atoms with Gasteiger partial charge in [0.05, 0.1) is 17.8 Å². The largest absolute Gasteiger partial charge is 0.497 e. The highest BCUT2D eigenvalue weighted by Gasteiger charge is 2.25. The molecule has 6 nitrogen and oxygen atoms in total. The summed E-state index contributed by atoms with van der Waals surface area (Å²) < 4.78 is 29.9. The Morgan fingerprint density at radius 3 is 2.20 bits per heavy atom. The Morgan fingerprint density at radius 1 is 1.20 bits per heavy atom. The van der Waals surface area contributed by atoms with Crippen molar-refractivity contribution in [2.75, 3.05) is 19.4 Å². The van der Waals surface area contributed by atoms with Crippen molar-refractivity contribution in [1.29, 1.82) is 0 Å². The van der Waals surface area contributed by atoms with Crippen LogP contribution in [0.25, 0.3) is 0 Å². The molecule has 0 aliphatic carbocycles. The fourth-order valence-electron chi connectivity index (χ4n) is 2.41. The van der Waals surface area contributed by atoms with Gasteiger partial charge in [-0.25, -0.2) is 8.42 Å². The molecular weight excluding hydrogens is 364 g/mol. The first kappa shape index (κ1) is 23.7. The van der Waals surface area contributed by atoms with Crippen molar-refractivity contribution in [3.05, 3.63) is 24.3 Å². The van der Waals surface area contributed by atoms with Crippen LogP contribution in [0.1, 0.15) is 27.2 Å².